The lowest BCUT2D eigenvalue weighted by molar-refractivity contribution is -0.255. The van der Waals surface area contributed by atoms with Gasteiger partial charge in [-0.3, -0.25) is 4.79 Å². The number of hydrogen-bond acceptors (Lipinski definition) is 4. The lowest BCUT2D eigenvalue weighted by Crippen LogP contribution is -2.67. The Kier molecular flexibility index (Phi) is 6.36. The molecular formula is C32H52O4. The summed E-state index contributed by atoms with van der Waals surface area (Å²) < 4.78 is 5.77. The van der Waals surface area contributed by atoms with E-state index in [2.05, 4.69) is 41.2 Å². The Labute approximate surface area is 219 Å². The Morgan fingerprint density at radius 1 is 0.889 bits per heavy atom. The van der Waals surface area contributed by atoms with Crippen LogP contribution >= 0.6 is 0 Å². The summed E-state index contributed by atoms with van der Waals surface area (Å²) in [6.07, 6.45) is 11.0. The summed E-state index contributed by atoms with van der Waals surface area (Å²) in [4.78, 5) is 11.9. The highest BCUT2D eigenvalue weighted by Gasteiger charge is 2.71. The van der Waals surface area contributed by atoms with E-state index >= 15 is 0 Å². The molecule has 0 heterocycles. The van der Waals surface area contributed by atoms with E-state index in [-0.39, 0.29) is 34.2 Å². The fraction of sp³-hybridized carbons (Fsp3) is 0.906. The van der Waals surface area contributed by atoms with Crippen molar-refractivity contribution >= 4 is 5.97 Å². The average molecular weight is 501 g/mol. The molecule has 0 bridgehead atoms. The number of fused-ring (bicyclic) bond motifs is 7. The van der Waals surface area contributed by atoms with Crippen LogP contribution in [-0.4, -0.2) is 35.5 Å². The van der Waals surface area contributed by atoms with E-state index < -0.39 is 11.5 Å². The molecule has 0 saturated heterocycles. The Morgan fingerprint density at radius 3 is 2.25 bits per heavy atom. The van der Waals surface area contributed by atoms with Crippen molar-refractivity contribution in [2.45, 2.75) is 112 Å². The van der Waals surface area contributed by atoms with Gasteiger partial charge in [0, 0.05) is 17.8 Å². The van der Waals surface area contributed by atoms with Gasteiger partial charge in [0.25, 0.3) is 0 Å². The zero-order valence-electron chi connectivity index (χ0n) is 23.9. The number of rotatable bonds is 4. The second kappa shape index (κ2) is 8.57. The molecule has 5 aliphatic rings. The van der Waals surface area contributed by atoms with E-state index in [9.17, 15) is 15.0 Å². The predicted molar refractivity (Wildman–Crippen MR) is 143 cm³/mol. The van der Waals surface area contributed by atoms with E-state index in [1.807, 2.05) is 0 Å². The molecule has 4 heteroatoms. The molecule has 0 aromatic heterocycles. The number of aliphatic hydroxyl groups excluding tert-OH is 2. The molecule has 0 aromatic rings. The molecule has 5 fully saturated rings. The van der Waals surface area contributed by atoms with Gasteiger partial charge in [0.1, 0.15) is 0 Å². The van der Waals surface area contributed by atoms with Gasteiger partial charge in [0.05, 0.1) is 19.3 Å². The van der Waals surface area contributed by atoms with Gasteiger partial charge in [0.15, 0.2) is 0 Å². The van der Waals surface area contributed by atoms with Crippen molar-refractivity contribution in [3.8, 4) is 0 Å². The van der Waals surface area contributed by atoms with E-state index in [0.717, 1.165) is 32.1 Å². The van der Waals surface area contributed by atoms with Gasteiger partial charge in [-0.1, -0.05) is 39.8 Å². The first kappa shape index (κ1) is 26.7. The van der Waals surface area contributed by atoms with Crippen LogP contribution in [-0.2, 0) is 9.53 Å². The Balaban J connectivity index is 1.53. The molecule has 5 aliphatic carbocycles. The van der Waals surface area contributed by atoms with Crippen molar-refractivity contribution in [3.63, 3.8) is 0 Å². The third kappa shape index (κ3) is 3.34. The molecule has 36 heavy (non-hydrogen) atoms. The van der Waals surface area contributed by atoms with Crippen LogP contribution < -0.4 is 0 Å². The molecule has 5 rings (SSSR count). The van der Waals surface area contributed by atoms with Crippen LogP contribution in [0.2, 0.25) is 0 Å². The first-order chi connectivity index (χ1) is 16.8. The number of carbonyl (C=O) groups excluding carboxylic acids is 1. The van der Waals surface area contributed by atoms with Crippen molar-refractivity contribution in [3.05, 3.63) is 12.2 Å². The summed E-state index contributed by atoms with van der Waals surface area (Å²) in [7, 11) is 0. The number of aliphatic hydroxyl groups is 2. The van der Waals surface area contributed by atoms with Crippen LogP contribution in [0.3, 0.4) is 0 Å². The molecule has 2 N–H and O–H groups in total. The molecule has 4 nitrogen and oxygen atoms in total. The molecule has 204 valence electrons. The van der Waals surface area contributed by atoms with Crippen molar-refractivity contribution in [1.29, 1.82) is 0 Å². The van der Waals surface area contributed by atoms with Gasteiger partial charge in [-0.25, -0.2) is 0 Å². The van der Waals surface area contributed by atoms with Gasteiger partial charge in [0.2, 0.25) is 0 Å². The lowest BCUT2D eigenvalue weighted by atomic mass is 9.32. The van der Waals surface area contributed by atoms with Crippen molar-refractivity contribution < 1.29 is 19.7 Å². The molecule has 0 radical (unpaired) electrons. The zero-order chi connectivity index (χ0) is 26.3. The maximum atomic E-state index is 11.9. The van der Waals surface area contributed by atoms with Gasteiger partial charge < -0.3 is 14.9 Å². The topological polar surface area (TPSA) is 66.8 Å². The molecule has 0 spiro atoms. The Hall–Kier alpha value is -0.870. The summed E-state index contributed by atoms with van der Waals surface area (Å²) in [5.74, 6) is 2.55. The maximum Gasteiger partial charge on any atom is 0.302 e. The number of allylic oxidation sites excluding steroid dienone is 1. The standard InChI is InChI=1S/C32H52O4/c1-20(2)22-10-15-32(19-36-21(3)34)17-16-30(6)23(27(22)32)8-9-25-28(4)13-12-26(35)29(5,18-33)24(28)11-14-31(25,30)7/h22-27,33,35H,1,8-19H2,2-7H3/t22-,23?,24+,25?,26-,27?,28-,29-,30+,31+,32+/m0/s1. The summed E-state index contributed by atoms with van der Waals surface area (Å²) in [5.41, 5.74) is 1.68. The molecule has 11 atom stereocenters. The summed E-state index contributed by atoms with van der Waals surface area (Å²) in [6.45, 7) is 18.8. The normalized spacial score (nSPS) is 54.0. The van der Waals surface area contributed by atoms with E-state index in [0.29, 0.717) is 36.2 Å². The number of esters is 1. The second-order valence-electron chi connectivity index (χ2n) is 15.0. The van der Waals surface area contributed by atoms with Gasteiger partial charge in [-0.05, 0) is 117 Å². The second-order valence-corrected chi connectivity index (χ2v) is 15.0. The minimum absolute atomic E-state index is 0.0821. The van der Waals surface area contributed by atoms with Crippen molar-refractivity contribution in [1.82, 2.24) is 0 Å². The highest BCUT2D eigenvalue weighted by Crippen LogP contribution is 2.77. The van der Waals surface area contributed by atoms with Crippen LogP contribution in [0.4, 0.5) is 0 Å². The molecule has 5 saturated carbocycles. The summed E-state index contributed by atoms with van der Waals surface area (Å²) in [6, 6.07) is 0. The molecule has 0 aromatic carbocycles. The molecule has 0 aliphatic heterocycles. The van der Waals surface area contributed by atoms with E-state index in [1.54, 1.807) is 6.92 Å². The van der Waals surface area contributed by atoms with Crippen molar-refractivity contribution in [2.24, 2.45) is 56.7 Å². The van der Waals surface area contributed by atoms with Crippen LogP contribution in [0.5, 0.6) is 0 Å². The lowest BCUT2D eigenvalue weighted by Gasteiger charge is -2.73. The number of ether oxygens (including phenoxy) is 1. The van der Waals surface area contributed by atoms with Gasteiger partial charge in [-0.2, -0.15) is 0 Å². The third-order valence-electron chi connectivity index (χ3n) is 13.9. The van der Waals surface area contributed by atoms with Crippen LogP contribution in [0.15, 0.2) is 12.2 Å². The number of carbonyl (C=O) groups is 1. The maximum absolute atomic E-state index is 11.9. The minimum Gasteiger partial charge on any atom is -0.465 e. The number of hydrogen-bond donors (Lipinski definition) is 2. The van der Waals surface area contributed by atoms with Gasteiger partial charge >= 0.3 is 5.97 Å². The average Bonchev–Trinajstić information content (AvgIpc) is 3.21. The molecular weight excluding hydrogens is 448 g/mol. The van der Waals surface area contributed by atoms with Crippen molar-refractivity contribution in [2.75, 3.05) is 13.2 Å². The van der Waals surface area contributed by atoms with Crippen LogP contribution in [0.25, 0.3) is 0 Å². The summed E-state index contributed by atoms with van der Waals surface area (Å²) in [5, 5.41) is 21.4. The fourth-order valence-corrected chi connectivity index (χ4v) is 11.8. The van der Waals surface area contributed by atoms with Crippen LogP contribution in [0.1, 0.15) is 106 Å². The van der Waals surface area contributed by atoms with Gasteiger partial charge in [-0.15, -0.1) is 0 Å². The highest BCUT2D eigenvalue weighted by atomic mass is 16.5. The van der Waals surface area contributed by atoms with E-state index in [4.69, 9.17) is 4.74 Å². The SMILES string of the molecule is C=C(C)[C@@H]1CC[C@]2(COC(C)=O)CC[C@]3(C)C(CCC4[C@@]5(C)CC[C@H](O)[C@@](C)(CO)[C@@H]5CC[C@]43C)C12. The quantitative estimate of drug-likeness (QED) is 0.340. The van der Waals surface area contributed by atoms with E-state index in [1.165, 1.54) is 37.7 Å². The predicted octanol–water partition coefficient (Wildman–Crippen LogP) is 6.54. The fourth-order valence-electron chi connectivity index (χ4n) is 11.8. The van der Waals surface area contributed by atoms with Crippen LogP contribution in [0, 0.1) is 56.7 Å². The third-order valence-corrected chi connectivity index (χ3v) is 13.9. The summed E-state index contributed by atoms with van der Waals surface area (Å²) >= 11 is 0. The Morgan fingerprint density at radius 2 is 1.61 bits per heavy atom. The first-order valence-electron chi connectivity index (χ1n) is 14.9. The highest BCUT2D eigenvalue weighted by molar-refractivity contribution is 5.65. The smallest absolute Gasteiger partial charge is 0.302 e. The largest absolute Gasteiger partial charge is 0.465 e. The minimum atomic E-state index is -0.400. The molecule has 3 unspecified atom stereocenters. The zero-order valence-corrected chi connectivity index (χ0v) is 23.9. The monoisotopic (exact) mass is 500 g/mol. The molecule has 0 amide bonds. The Bertz CT molecular complexity index is 914. The first-order valence-corrected chi connectivity index (χ1v) is 14.9.